The summed E-state index contributed by atoms with van der Waals surface area (Å²) in [4.78, 5) is 0. The van der Waals surface area contributed by atoms with E-state index in [1.54, 1.807) is 0 Å². The van der Waals surface area contributed by atoms with Crippen LogP contribution in [0, 0.1) is 26.2 Å². The summed E-state index contributed by atoms with van der Waals surface area (Å²) < 4.78 is 0. The van der Waals surface area contributed by atoms with E-state index in [0.29, 0.717) is 0 Å². The van der Waals surface area contributed by atoms with Gasteiger partial charge in [-0.05, 0) is 49.1 Å². The molecule has 17 heavy (non-hydrogen) atoms. The van der Waals surface area contributed by atoms with Gasteiger partial charge in [0.25, 0.3) is 0 Å². The average molecular weight is 220 g/mol. The van der Waals surface area contributed by atoms with Gasteiger partial charge >= 0.3 is 0 Å². The van der Waals surface area contributed by atoms with Crippen molar-refractivity contribution in [1.82, 2.24) is 0 Å². The fourth-order valence-corrected chi connectivity index (χ4v) is 2.03. The molecule has 0 aliphatic rings. The smallest absolute Gasteiger partial charge is 0.0245 e. The van der Waals surface area contributed by atoms with Crippen LogP contribution in [-0.4, -0.2) is 0 Å². The van der Waals surface area contributed by atoms with Crippen LogP contribution in [0.3, 0.4) is 0 Å². The number of hydrogen-bond donors (Lipinski definition) is 0. The zero-order chi connectivity index (χ0) is 12.3. The van der Waals surface area contributed by atoms with Crippen molar-refractivity contribution in [1.29, 1.82) is 0 Å². The van der Waals surface area contributed by atoms with Crippen LogP contribution in [0.15, 0.2) is 42.5 Å². The van der Waals surface area contributed by atoms with Crippen LogP contribution in [0.4, 0.5) is 0 Å². The molecular weight excluding hydrogens is 204 g/mol. The van der Waals surface area contributed by atoms with Crippen LogP contribution in [0.1, 0.15) is 27.8 Å². The van der Waals surface area contributed by atoms with E-state index in [9.17, 15) is 0 Å². The lowest BCUT2D eigenvalue weighted by atomic mass is 9.98. The Morgan fingerprint density at radius 2 is 1.88 bits per heavy atom. The first-order valence-electron chi connectivity index (χ1n) is 5.81. The van der Waals surface area contributed by atoms with Gasteiger partial charge in [0.2, 0.25) is 0 Å². The highest BCUT2D eigenvalue weighted by molar-refractivity contribution is 5.41. The third-order valence-corrected chi connectivity index (χ3v) is 2.99. The predicted octanol–water partition coefficient (Wildman–Crippen LogP) is 3.88. The minimum Gasteiger partial charge on any atom is -0.115 e. The first kappa shape index (κ1) is 11.5. The Morgan fingerprint density at radius 3 is 2.53 bits per heavy atom. The van der Waals surface area contributed by atoms with Crippen LogP contribution in [0.5, 0.6) is 0 Å². The number of rotatable bonds is 2. The molecule has 84 valence electrons. The molecule has 0 unspecified atom stereocenters. The normalized spacial score (nSPS) is 9.94. The second-order valence-electron chi connectivity index (χ2n) is 4.45. The van der Waals surface area contributed by atoms with Crippen molar-refractivity contribution >= 4 is 0 Å². The highest BCUT2D eigenvalue weighted by Gasteiger charge is 2.01. The summed E-state index contributed by atoms with van der Waals surface area (Å²) in [6, 6.07) is 14.8. The van der Waals surface area contributed by atoms with E-state index >= 15 is 0 Å². The molecule has 0 nitrogen and oxygen atoms in total. The minimum absolute atomic E-state index is 0.954. The molecule has 2 aromatic carbocycles. The third-order valence-electron chi connectivity index (χ3n) is 2.99. The number of aryl methyl sites for hydroxylation is 2. The lowest BCUT2D eigenvalue weighted by Crippen LogP contribution is -1.93. The fraction of sp³-hybridized carbons (Fsp3) is 0.176. The van der Waals surface area contributed by atoms with Gasteiger partial charge in [-0.1, -0.05) is 41.8 Å². The van der Waals surface area contributed by atoms with Gasteiger partial charge in [0.1, 0.15) is 0 Å². The molecule has 2 rings (SSSR count). The molecule has 0 bridgehead atoms. The maximum atomic E-state index is 5.39. The molecule has 0 aliphatic carbocycles. The third kappa shape index (κ3) is 2.77. The van der Waals surface area contributed by atoms with Gasteiger partial charge in [0.05, 0.1) is 0 Å². The predicted molar refractivity (Wildman–Crippen MR) is 73.1 cm³/mol. The first-order chi connectivity index (χ1) is 8.19. The zero-order valence-corrected chi connectivity index (χ0v) is 10.3. The summed E-state index contributed by atoms with van der Waals surface area (Å²) >= 11 is 0. The van der Waals surface area contributed by atoms with Crippen molar-refractivity contribution in [3.05, 3.63) is 70.3 Å². The largest absolute Gasteiger partial charge is 0.115 e. The summed E-state index contributed by atoms with van der Waals surface area (Å²) in [5.74, 6) is 2.67. The van der Waals surface area contributed by atoms with Crippen molar-refractivity contribution in [2.24, 2.45) is 0 Å². The van der Waals surface area contributed by atoms with E-state index in [1.807, 2.05) is 6.07 Å². The van der Waals surface area contributed by atoms with Gasteiger partial charge < -0.3 is 0 Å². The zero-order valence-electron chi connectivity index (χ0n) is 10.3. The molecule has 0 atom stereocenters. The highest BCUT2D eigenvalue weighted by atomic mass is 14.1. The van der Waals surface area contributed by atoms with Gasteiger partial charge in [-0.3, -0.25) is 0 Å². The van der Waals surface area contributed by atoms with E-state index in [-0.39, 0.29) is 0 Å². The van der Waals surface area contributed by atoms with Crippen molar-refractivity contribution in [2.45, 2.75) is 20.3 Å². The van der Waals surface area contributed by atoms with Crippen molar-refractivity contribution in [3.8, 4) is 12.3 Å². The number of hydrogen-bond acceptors (Lipinski definition) is 0. The van der Waals surface area contributed by atoms with Crippen LogP contribution >= 0.6 is 0 Å². The Morgan fingerprint density at radius 1 is 1.06 bits per heavy atom. The minimum atomic E-state index is 0.954. The molecule has 0 saturated carbocycles. The molecule has 0 fully saturated rings. The van der Waals surface area contributed by atoms with Crippen LogP contribution < -0.4 is 0 Å². The maximum Gasteiger partial charge on any atom is 0.0245 e. The maximum absolute atomic E-state index is 5.39. The summed E-state index contributed by atoms with van der Waals surface area (Å²) in [6.07, 6.45) is 6.36. The summed E-state index contributed by atoms with van der Waals surface area (Å²) in [6.45, 7) is 4.24. The SMILES string of the molecule is C#Cc1ccc(Cc2cccc(C)c2)c(C)c1. The molecule has 0 heteroatoms. The van der Waals surface area contributed by atoms with Crippen LogP contribution in [-0.2, 0) is 6.42 Å². The van der Waals surface area contributed by atoms with Gasteiger partial charge in [-0.25, -0.2) is 0 Å². The monoisotopic (exact) mass is 220 g/mol. The Hall–Kier alpha value is -2.00. The lowest BCUT2D eigenvalue weighted by Gasteiger charge is -2.07. The summed E-state index contributed by atoms with van der Waals surface area (Å²) in [7, 11) is 0. The summed E-state index contributed by atoms with van der Waals surface area (Å²) in [5.41, 5.74) is 6.22. The van der Waals surface area contributed by atoms with Crippen molar-refractivity contribution in [2.75, 3.05) is 0 Å². The van der Waals surface area contributed by atoms with Crippen molar-refractivity contribution < 1.29 is 0 Å². The van der Waals surface area contributed by atoms with Gasteiger partial charge in [0, 0.05) is 5.56 Å². The molecule has 0 aromatic heterocycles. The van der Waals surface area contributed by atoms with Gasteiger partial charge in [0.15, 0.2) is 0 Å². The highest BCUT2D eigenvalue weighted by Crippen LogP contribution is 2.16. The Balaban J connectivity index is 2.28. The van der Waals surface area contributed by atoms with E-state index < -0.39 is 0 Å². The van der Waals surface area contributed by atoms with E-state index in [0.717, 1.165) is 12.0 Å². The lowest BCUT2D eigenvalue weighted by molar-refractivity contribution is 1.15. The Kier molecular flexibility index (Phi) is 3.30. The standard InChI is InChI=1S/C17H16/c1-4-15-8-9-17(14(3)11-15)12-16-7-5-6-13(2)10-16/h1,5-11H,12H2,2-3H3. The molecule has 0 aliphatic heterocycles. The molecule has 2 aromatic rings. The average Bonchev–Trinajstić information content (AvgIpc) is 2.32. The number of terminal acetylenes is 1. The molecular formula is C17H16. The number of benzene rings is 2. The van der Waals surface area contributed by atoms with E-state index in [4.69, 9.17) is 6.42 Å². The molecule has 0 saturated heterocycles. The molecule has 0 N–H and O–H groups in total. The second kappa shape index (κ2) is 4.89. The first-order valence-corrected chi connectivity index (χ1v) is 5.81. The quantitative estimate of drug-likeness (QED) is 0.674. The Labute approximate surface area is 103 Å². The second-order valence-corrected chi connectivity index (χ2v) is 4.45. The van der Waals surface area contributed by atoms with Gasteiger partial charge in [-0.2, -0.15) is 0 Å². The molecule has 0 amide bonds. The topological polar surface area (TPSA) is 0 Å². The van der Waals surface area contributed by atoms with Crippen molar-refractivity contribution in [3.63, 3.8) is 0 Å². The van der Waals surface area contributed by atoms with Gasteiger partial charge in [-0.15, -0.1) is 6.42 Å². The van der Waals surface area contributed by atoms with Crippen LogP contribution in [0.25, 0.3) is 0 Å². The fourth-order valence-electron chi connectivity index (χ4n) is 2.03. The summed E-state index contributed by atoms with van der Waals surface area (Å²) in [5, 5.41) is 0. The Bertz CT molecular complexity index is 571. The van der Waals surface area contributed by atoms with Crippen LogP contribution in [0.2, 0.25) is 0 Å². The molecule has 0 spiro atoms. The molecule has 0 radical (unpaired) electrons. The van der Waals surface area contributed by atoms with E-state index in [1.165, 1.54) is 22.3 Å². The van der Waals surface area contributed by atoms with E-state index in [2.05, 4.69) is 56.2 Å². The molecule has 0 heterocycles.